The maximum atomic E-state index is 13.7. The third-order valence-corrected chi connectivity index (χ3v) is 8.42. The number of anilines is 1. The molecule has 0 radical (unpaired) electrons. The second-order valence-corrected chi connectivity index (χ2v) is 11.0. The number of phenolic OH excluding ortho intramolecular Hbond substituents is 1. The molecule has 0 spiro atoms. The number of likely N-dealkylation sites (N-methyl/N-ethyl adjacent to an activating group) is 1. The van der Waals surface area contributed by atoms with Crippen LogP contribution in [0.2, 0.25) is 0 Å². The molecule has 5 rings (SSSR count). The van der Waals surface area contributed by atoms with E-state index < -0.39 is 63.8 Å². The number of carbonyl (C=O) groups is 4. The van der Waals surface area contributed by atoms with Crippen LogP contribution >= 0.6 is 0 Å². The topological polar surface area (TPSA) is 206 Å². The molecule has 13 heteroatoms. The second kappa shape index (κ2) is 9.91. The molecule has 3 aliphatic carbocycles. The summed E-state index contributed by atoms with van der Waals surface area (Å²) in [5, 5.41) is 49.5. The Hall–Kier alpha value is -3.94. The van der Waals surface area contributed by atoms with Crippen molar-refractivity contribution in [1.29, 1.82) is 0 Å². The molecule has 214 valence electrons. The van der Waals surface area contributed by atoms with Crippen LogP contribution in [0.15, 0.2) is 34.8 Å². The fourth-order valence-electron chi connectivity index (χ4n) is 6.59. The van der Waals surface area contributed by atoms with E-state index in [1.165, 1.54) is 4.90 Å². The third kappa shape index (κ3) is 4.12. The molecule has 40 heavy (non-hydrogen) atoms. The minimum Gasteiger partial charge on any atom is -0.510 e. The highest BCUT2D eigenvalue weighted by Crippen LogP contribution is 2.52. The molecule has 4 aliphatic rings. The van der Waals surface area contributed by atoms with Crippen molar-refractivity contribution in [2.24, 2.45) is 17.6 Å². The zero-order valence-electron chi connectivity index (χ0n) is 22.2. The summed E-state index contributed by atoms with van der Waals surface area (Å²) in [6, 6.07) is 2.15. The van der Waals surface area contributed by atoms with Gasteiger partial charge in [0.1, 0.15) is 22.8 Å². The van der Waals surface area contributed by atoms with Gasteiger partial charge in [-0.2, -0.15) is 0 Å². The van der Waals surface area contributed by atoms with Crippen molar-refractivity contribution in [3.05, 3.63) is 45.9 Å². The molecule has 8 N–H and O–H groups in total. The van der Waals surface area contributed by atoms with Crippen molar-refractivity contribution in [2.45, 2.75) is 37.3 Å². The van der Waals surface area contributed by atoms with Crippen LogP contribution < -0.4 is 16.5 Å². The number of carbonyl (C=O) groups excluding carboxylic acids is 4. The predicted octanol–water partition coefficient (Wildman–Crippen LogP) is -0.340. The average molecular weight is 556 g/mol. The van der Waals surface area contributed by atoms with E-state index >= 15 is 0 Å². The van der Waals surface area contributed by atoms with Crippen LogP contribution in [0.1, 0.15) is 35.2 Å². The molecule has 1 aliphatic heterocycles. The van der Waals surface area contributed by atoms with Crippen LogP contribution in [-0.2, 0) is 20.8 Å². The molecule has 0 bridgehead atoms. The maximum Gasteiger partial charge on any atom is 0.255 e. The lowest BCUT2D eigenvalue weighted by Gasteiger charge is -2.50. The van der Waals surface area contributed by atoms with Gasteiger partial charge >= 0.3 is 0 Å². The zero-order valence-corrected chi connectivity index (χ0v) is 22.2. The number of allylic oxidation sites excluding steroid dienone is 1. The van der Waals surface area contributed by atoms with E-state index in [4.69, 9.17) is 5.73 Å². The summed E-state index contributed by atoms with van der Waals surface area (Å²) in [6.45, 7) is 1.35. The van der Waals surface area contributed by atoms with E-state index in [2.05, 4.69) is 10.7 Å². The van der Waals surface area contributed by atoms with E-state index in [9.17, 15) is 39.6 Å². The zero-order chi connectivity index (χ0) is 29.1. The van der Waals surface area contributed by atoms with Crippen molar-refractivity contribution in [2.75, 3.05) is 39.0 Å². The summed E-state index contributed by atoms with van der Waals surface area (Å²) in [6.07, 6.45) is 2.19. The van der Waals surface area contributed by atoms with E-state index in [1.54, 1.807) is 26.2 Å². The van der Waals surface area contributed by atoms with Gasteiger partial charge in [-0.25, -0.2) is 5.01 Å². The van der Waals surface area contributed by atoms with Crippen molar-refractivity contribution in [1.82, 2.24) is 15.3 Å². The third-order valence-electron chi connectivity index (χ3n) is 8.42. The van der Waals surface area contributed by atoms with Gasteiger partial charge in [-0.05, 0) is 57.3 Å². The molecule has 0 saturated carbocycles. The van der Waals surface area contributed by atoms with E-state index in [0.717, 1.165) is 25.9 Å². The van der Waals surface area contributed by atoms with Crippen LogP contribution in [0.3, 0.4) is 0 Å². The van der Waals surface area contributed by atoms with Crippen molar-refractivity contribution < 1.29 is 39.6 Å². The number of aliphatic hydroxyl groups excluding tert-OH is 2. The fourth-order valence-corrected chi connectivity index (χ4v) is 6.59. The Morgan fingerprint density at radius 2 is 1.82 bits per heavy atom. The number of hydrazine groups is 1. The number of benzene rings is 1. The van der Waals surface area contributed by atoms with Gasteiger partial charge in [-0.3, -0.25) is 29.5 Å². The number of nitrogens with zero attached hydrogens (tertiary/aromatic N) is 2. The summed E-state index contributed by atoms with van der Waals surface area (Å²) in [4.78, 5) is 53.0. The molecule has 2 amide bonds. The Labute approximate surface area is 229 Å². The highest BCUT2D eigenvalue weighted by atomic mass is 16.3. The van der Waals surface area contributed by atoms with E-state index in [1.807, 2.05) is 5.01 Å². The van der Waals surface area contributed by atoms with Gasteiger partial charge in [0.25, 0.3) is 11.8 Å². The van der Waals surface area contributed by atoms with E-state index in [-0.39, 0.29) is 42.1 Å². The van der Waals surface area contributed by atoms with Crippen LogP contribution in [0.25, 0.3) is 0 Å². The quantitative estimate of drug-likeness (QED) is 0.179. The first-order valence-electron chi connectivity index (χ1n) is 13.2. The molecule has 1 aromatic carbocycles. The normalized spacial score (nSPS) is 28.4. The lowest BCUT2D eigenvalue weighted by Crippen LogP contribution is -2.63. The summed E-state index contributed by atoms with van der Waals surface area (Å²) in [5.74, 6) is -7.35. The standard InChI is InChI=1S/C27H33N5O8/c1-31(2)20-14-10-13-9-12-5-6-15(29-11-16(33)30-32-7-3-4-8-32)21(34)17(12)22(35)18(13)24(37)27(14,40)25(38)19(23(20)36)26(28)39/h5-6,13-14,20,29,34,36-37,40H,3-4,7-11H2,1-2H3,(H2,28,39)(H,30,33)/t13-,14-,20+,27-/m1/s1. The largest absolute Gasteiger partial charge is 0.510 e. The highest BCUT2D eigenvalue weighted by molar-refractivity contribution is 6.24. The number of hydrogen-bond acceptors (Lipinski definition) is 11. The van der Waals surface area contributed by atoms with Gasteiger partial charge in [0.2, 0.25) is 5.78 Å². The molecule has 1 saturated heterocycles. The number of fused-ring (bicyclic) bond motifs is 3. The van der Waals surface area contributed by atoms with Gasteiger partial charge < -0.3 is 31.5 Å². The summed E-state index contributed by atoms with van der Waals surface area (Å²) in [7, 11) is 3.15. The highest BCUT2D eigenvalue weighted by Gasteiger charge is 2.63. The first-order chi connectivity index (χ1) is 18.9. The molecular weight excluding hydrogens is 522 g/mol. The number of Topliss-reactive ketones (excluding diaryl/α,β-unsaturated/α-hetero) is 2. The maximum absolute atomic E-state index is 13.7. The monoisotopic (exact) mass is 555 g/mol. The molecule has 0 unspecified atom stereocenters. The first-order valence-corrected chi connectivity index (χ1v) is 13.2. The molecular formula is C27H33N5O8. The van der Waals surface area contributed by atoms with Crippen LogP contribution in [-0.4, -0.2) is 99.1 Å². The van der Waals surface area contributed by atoms with Gasteiger partial charge in [-0.15, -0.1) is 0 Å². The van der Waals surface area contributed by atoms with Gasteiger partial charge in [0.15, 0.2) is 11.4 Å². The minimum absolute atomic E-state index is 0.0171. The average Bonchev–Trinajstić information content (AvgIpc) is 3.38. The van der Waals surface area contributed by atoms with Crippen LogP contribution in [0, 0.1) is 11.8 Å². The number of phenols is 1. The smallest absolute Gasteiger partial charge is 0.255 e. The van der Waals surface area contributed by atoms with Gasteiger partial charge in [0.05, 0.1) is 23.8 Å². The lowest BCUT2D eigenvalue weighted by molar-refractivity contribution is -0.148. The number of primary amides is 1. The Balaban J connectivity index is 1.50. The number of nitrogens with two attached hydrogens (primary N) is 1. The van der Waals surface area contributed by atoms with Crippen molar-refractivity contribution in [3.8, 4) is 5.75 Å². The summed E-state index contributed by atoms with van der Waals surface area (Å²) >= 11 is 0. The van der Waals surface area contributed by atoms with Crippen molar-refractivity contribution in [3.63, 3.8) is 0 Å². The molecule has 1 heterocycles. The number of nitrogens with one attached hydrogen (secondary N) is 2. The number of aliphatic hydroxyl groups is 3. The predicted molar refractivity (Wildman–Crippen MR) is 141 cm³/mol. The van der Waals surface area contributed by atoms with E-state index in [0.29, 0.717) is 5.56 Å². The van der Waals surface area contributed by atoms with Gasteiger partial charge in [-0.1, -0.05) is 6.07 Å². The fraction of sp³-hybridized carbons (Fsp3) is 0.481. The summed E-state index contributed by atoms with van der Waals surface area (Å²) in [5.41, 5.74) is 4.83. The molecule has 13 nitrogen and oxygen atoms in total. The number of aromatic hydroxyl groups is 1. The van der Waals surface area contributed by atoms with Crippen LogP contribution in [0.4, 0.5) is 5.69 Å². The Morgan fingerprint density at radius 3 is 2.45 bits per heavy atom. The molecule has 0 aromatic heterocycles. The Bertz CT molecular complexity index is 1380. The van der Waals surface area contributed by atoms with Crippen LogP contribution in [0.5, 0.6) is 5.75 Å². The minimum atomic E-state index is -2.69. The Morgan fingerprint density at radius 1 is 1.15 bits per heavy atom. The van der Waals surface area contributed by atoms with Gasteiger partial charge in [0, 0.05) is 24.6 Å². The second-order valence-electron chi connectivity index (χ2n) is 11.0. The molecule has 1 aromatic rings. The number of hydrogen-bond donors (Lipinski definition) is 7. The molecule has 1 fully saturated rings. The number of ketones is 2. The summed E-state index contributed by atoms with van der Waals surface area (Å²) < 4.78 is 0. The Kier molecular flexibility index (Phi) is 6.84. The van der Waals surface area contributed by atoms with Crippen molar-refractivity contribution >= 4 is 29.1 Å². The number of amides is 2. The first kappa shape index (κ1) is 27.6. The lowest BCUT2D eigenvalue weighted by atomic mass is 9.58. The molecule has 4 atom stereocenters. The SMILES string of the molecule is CN(C)[C@@H]1C(O)=C(C(N)=O)C(=O)[C@]2(O)C(O)=C3C(=O)c4c(ccc(NCC(=O)NN5CCCC5)c4O)C[C@@H]3C[C@H]12. The number of rotatable bonds is 6.